The van der Waals surface area contributed by atoms with Crippen LogP contribution in [0.5, 0.6) is 0 Å². The first-order chi connectivity index (χ1) is 7.24. The van der Waals surface area contributed by atoms with Gasteiger partial charge in [-0.2, -0.15) is 5.26 Å². The van der Waals surface area contributed by atoms with Gasteiger partial charge in [0.05, 0.1) is 28.6 Å². The average Bonchev–Trinajstić information content (AvgIpc) is 2.57. The first-order valence-electron chi connectivity index (χ1n) is 4.71. The Morgan fingerprint density at radius 2 is 2.27 bits per heavy atom. The molecule has 0 N–H and O–H groups in total. The number of hydrogen-bond acceptors (Lipinski definition) is 3. The normalized spacial score (nSPS) is 12.5. The first-order valence-corrected chi connectivity index (χ1v) is 5.49. The van der Waals surface area contributed by atoms with Crippen molar-refractivity contribution < 1.29 is 0 Å². The number of rotatable bonds is 2. The third-order valence-electron chi connectivity index (χ3n) is 2.30. The summed E-state index contributed by atoms with van der Waals surface area (Å²) in [4.78, 5) is 11.9. The van der Waals surface area contributed by atoms with Crippen molar-refractivity contribution in [3.63, 3.8) is 0 Å². The summed E-state index contributed by atoms with van der Waals surface area (Å²) in [5.74, 6) is 0. The summed E-state index contributed by atoms with van der Waals surface area (Å²) in [6.45, 7) is 1.89. The monoisotopic (exact) mass is 218 g/mol. The second-order valence-electron chi connectivity index (χ2n) is 3.43. The molecule has 0 spiro atoms. The highest BCUT2D eigenvalue weighted by molar-refractivity contribution is 7.13. The number of fused-ring (bicyclic) bond motifs is 1. The van der Waals surface area contributed by atoms with Crippen LogP contribution in [-0.2, 0) is 0 Å². The average molecular weight is 218 g/mol. The van der Waals surface area contributed by atoms with Crippen LogP contribution in [0.2, 0.25) is 0 Å². The third kappa shape index (κ3) is 1.66. The van der Waals surface area contributed by atoms with Crippen LogP contribution in [0.1, 0.15) is 19.4 Å². The van der Waals surface area contributed by atoms with Crippen LogP contribution in [-0.4, -0.2) is 3.96 Å². The SMILES string of the molecule is CC(CC#N)n1sc2ccccc2c1=O. The minimum absolute atomic E-state index is 0.0124. The van der Waals surface area contributed by atoms with Crippen LogP contribution >= 0.6 is 11.5 Å². The largest absolute Gasteiger partial charge is 0.268 e. The van der Waals surface area contributed by atoms with E-state index in [1.807, 2.05) is 31.2 Å². The van der Waals surface area contributed by atoms with Crippen molar-refractivity contribution >= 4 is 21.6 Å². The minimum atomic E-state index is -0.0418. The molecule has 0 fully saturated rings. The van der Waals surface area contributed by atoms with Crippen molar-refractivity contribution in [2.45, 2.75) is 19.4 Å². The lowest BCUT2D eigenvalue weighted by Gasteiger charge is -2.05. The van der Waals surface area contributed by atoms with E-state index in [0.29, 0.717) is 6.42 Å². The van der Waals surface area contributed by atoms with E-state index < -0.39 is 0 Å². The maximum absolute atomic E-state index is 11.9. The Hall–Kier alpha value is -1.60. The summed E-state index contributed by atoms with van der Waals surface area (Å²) in [5.41, 5.74) is 0.0124. The molecule has 76 valence electrons. The Morgan fingerprint density at radius 3 is 2.93 bits per heavy atom. The van der Waals surface area contributed by atoms with Crippen LogP contribution in [0.3, 0.4) is 0 Å². The predicted octanol–water partition coefficient (Wildman–Crippen LogP) is 2.54. The van der Waals surface area contributed by atoms with Crippen LogP contribution in [0.15, 0.2) is 29.1 Å². The third-order valence-corrected chi connectivity index (χ3v) is 3.58. The summed E-state index contributed by atoms with van der Waals surface area (Å²) in [6, 6.07) is 9.56. The lowest BCUT2D eigenvalue weighted by molar-refractivity contribution is 0.591. The van der Waals surface area contributed by atoms with Crippen molar-refractivity contribution in [1.82, 2.24) is 3.96 Å². The van der Waals surface area contributed by atoms with Gasteiger partial charge in [-0.1, -0.05) is 23.7 Å². The van der Waals surface area contributed by atoms with Gasteiger partial charge in [0.1, 0.15) is 0 Å². The Balaban J connectivity index is 2.59. The molecule has 4 heteroatoms. The number of hydrogen-bond donors (Lipinski definition) is 0. The van der Waals surface area contributed by atoms with Gasteiger partial charge in [-0.15, -0.1) is 0 Å². The second kappa shape index (κ2) is 3.87. The molecule has 1 aromatic heterocycles. The molecule has 0 radical (unpaired) electrons. The Bertz CT molecular complexity index is 576. The summed E-state index contributed by atoms with van der Waals surface area (Å²) in [5, 5.41) is 9.35. The van der Waals surface area contributed by atoms with Gasteiger partial charge < -0.3 is 0 Å². The highest BCUT2D eigenvalue weighted by atomic mass is 32.1. The molecule has 2 aromatic rings. The maximum Gasteiger partial charge on any atom is 0.268 e. The van der Waals surface area contributed by atoms with Crippen LogP contribution in [0.4, 0.5) is 0 Å². The summed E-state index contributed by atoms with van der Waals surface area (Å²) < 4.78 is 2.65. The lowest BCUT2D eigenvalue weighted by Crippen LogP contribution is -2.16. The zero-order valence-electron chi connectivity index (χ0n) is 8.30. The summed E-state index contributed by atoms with van der Waals surface area (Å²) in [6.07, 6.45) is 0.368. The second-order valence-corrected chi connectivity index (χ2v) is 4.45. The fraction of sp³-hybridized carbons (Fsp3) is 0.273. The molecule has 0 aliphatic carbocycles. The van der Waals surface area contributed by atoms with E-state index in [-0.39, 0.29) is 11.6 Å². The molecule has 3 nitrogen and oxygen atoms in total. The topological polar surface area (TPSA) is 45.8 Å². The smallest absolute Gasteiger partial charge is 0.268 e. The van der Waals surface area contributed by atoms with E-state index >= 15 is 0 Å². The molecule has 1 unspecified atom stereocenters. The summed E-state index contributed by atoms with van der Waals surface area (Å²) in [7, 11) is 0. The molecular formula is C11H10N2OS. The number of benzene rings is 1. The van der Waals surface area contributed by atoms with Gasteiger partial charge >= 0.3 is 0 Å². The maximum atomic E-state index is 11.9. The van der Waals surface area contributed by atoms with Crippen molar-refractivity contribution in [3.05, 3.63) is 34.6 Å². The zero-order valence-corrected chi connectivity index (χ0v) is 9.12. The van der Waals surface area contributed by atoms with Gasteiger partial charge in [0, 0.05) is 0 Å². The van der Waals surface area contributed by atoms with E-state index in [0.717, 1.165) is 10.1 Å². The highest BCUT2D eigenvalue weighted by Gasteiger charge is 2.11. The molecule has 0 saturated carbocycles. The van der Waals surface area contributed by atoms with E-state index in [1.54, 1.807) is 3.96 Å². The molecular weight excluding hydrogens is 208 g/mol. The van der Waals surface area contributed by atoms with E-state index in [1.165, 1.54) is 11.5 Å². The van der Waals surface area contributed by atoms with Crippen molar-refractivity contribution in [2.24, 2.45) is 0 Å². The van der Waals surface area contributed by atoms with Crippen LogP contribution in [0.25, 0.3) is 10.1 Å². The van der Waals surface area contributed by atoms with Crippen LogP contribution in [0, 0.1) is 11.3 Å². The van der Waals surface area contributed by atoms with Gasteiger partial charge in [-0.05, 0) is 19.1 Å². The number of nitrogens with zero attached hydrogens (tertiary/aromatic N) is 2. The predicted molar refractivity (Wildman–Crippen MR) is 61.0 cm³/mol. The van der Waals surface area contributed by atoms with E-state index in [2.05, 4.69) is 6.07 Å². The summed E-state index contributed by atoms with van der Waals surface area (Å²) >= 11 is 1.42. The first kappa shape index (κ1) is 9.94. The molecule has 2 rings (SSSR count). The standard InChI is InChI=1S/C11H10N2OS/c1-8(6-7-12)13-11(14)9-4-2-3-5-10(9)15-13/h2-5,8H,6H2,1H3. The quantitative estimate of drug-likeness (QED) is 0.777. The molecule has 0 aliphatic heterocycles. The fourth-order valence-electron chi connectivity index (χ4n) is 1.49. The molecule has 1 atom stereocenters. The van der Waals surface area contributed by atoms with E-state index in [4.69, 9.17) is 5.26 Å². The number of aromatic nitrogens is 1. The lowest BCUT2D eigenvalue weighted by atomic mass is 10.2. The molecule has 15 heavy (non-hydrogen) atoms. The number of nitriles is 1. The van der Waals surface area contributed by atoms with E-state index in [9.17, 15) is 4.79 Å². The van der Waals surface area contributed by atoms with Crippen molar-refractivity contribution in [1.29, 1.82) is 5.26 Å². The van der Waals surface area contributed by atoms with Crippen LogP contribution < -0.4 is 5.56 Å². The van der Waals surface area contributed by atoms with Crippen molar-refractivity contribution in [3.8, 4) is 6.07 Å². The van der Waals surface area contributed by atoms with Gasteiger partial charge in [0.25, 0.3) is 5.56 Å². The molecule has 0 aliphatic rings. The molecule has 1 heterocycles. The van der Waals surface area contributed by atoms with Gasteiger partial charge in [0.15, 0.2) is 0 Å². The molecule has 0 amide bonds. The molecule has 0 bridgehead atoms. The molecule has 1 aromatic carbocycles. The van der Waals surface area contributed by atoms with Gasteiger partial charge in [-0.25, -0.2) is 0 Å². The van der Waals surface area contributed by atoms with Crippen molar-refractivity contribution in [2.75, 3.05) is 0 Å². The van der Waals surface area contributed by atoms with Gasteiger partial charge in [-0.3, -0.25) is 8.75 Å². The Morgan fingerprint density at radius 1 is 1.53 bits per heavy atom. The fourth-order valence-corrected chi connectivity index (χ4v) is 2.53. The molecule has 0 saturated heterocycles. The zero-order chi connectivity index (χ0) is 10.8. The highest BCUT2D eigenvalue weighted by Crippen LogP contribution is 2.20. The Labute approximate surface area is 91.3 Å². The Kier molecular flexibility index (Phi) is 2.57. The minimum Gasteiger partial charge on any atom is -0.268 e. The van der Waals surface area contributed by atoms with Gasteiger partial charge in [0.2, 0.25) is 0 Å².